The maximum absolute atomic E-state index is 12.0. The monoisotopic (exact) mass is 352 g/mol. The van der Waals surface area contributed by atoms with Crippen molar-refractivity contribution in [3.8, 4) is 5.75 Å². The zero-order valence-electron chi connectivity index (χ0n) is 16.0. The third kappa shape index (κ3) is 8.86. The molecule has 2 N–H and O–H groups in total. The summed E-state index contributed by atoms with van der Waals surface area (Å²) in [6.07, 6.45) is -0.655. The number of amides is 1. The van der Waals surface area contributed by atoms with Crippen LogP contribution >= 0.6 is 0 Å². The van der Waals surface area contributed by atoms with E-state index in [1.807, 2.05) is 56.9 Å². The molecule has 0 heterocycles. The lowest BCUT2D eigenvalue weighted by molar-refractivity contribution is -0.124. The van der Waals surface area contributed by atoms with Gasteiger partial charge in [0.1, 0.15) is 5.75 Å². The molecule has 0 bridgehead atoms. The zero-order valence-corrected chi connectivity index (χ0v) is 16.0. The first-order chi connectivity index (χ1) is 11.7. The Morgan fingerprint density at radius 2 is 2.00 bits per heavy atom. The highest BCUT2D eigenvalue weighted by molar-refractivity contribution is 5.78. The second-order valence-electron chi connectivity index (χ2n) is 7.11. The number of nitrogens with zero attached hydrogens (tertiary/aromatic N) is 1. The van der Waals surface area contributed by atoms with Crippen LogP contribution in [0.4, 0.5) is 0 Å². The highest BCUT2D eigenvalue weighted by Crippen LogP contribution is 2.18. The van der Waals surface area contributed by atoms with Crippen LogP contribution in [0.3, 0.4) is 0 Å². The van der Waals surface area contributed by atoms with Crippen LogP contribution < -0.4 is 10.1 Å². The number of hydrogen-bond acceptors (Lipinski definition) is 5. The van der Waals surface area contributed by atoms with Gasteiger partial charge in [-0.15, -0.1) is 0 Å². The van der Waals surface area contributed by atoms with E-state index in [0.717, 1.165) is 11.3 Å². The lowest BCUT2D eigenvalue weighted by Gasteiger charge is -2.26. The molecule has 6 heteroatoms. The molecule has 0 radical (unpaired) electrons. The number of hydrogen-bond donors (Lipinski definition) is 2. The zero-order chi connectivity index (χ0) is 18.9. The first-order valence-corrected chi connectivity index (χ1v) is 8.66. The van der Waals surface area contributed by atoms with Gasteiger partial charge in [-0.2, -0.15) is 0 Å². The van der Waals surface area contributed by atoms with E-state index in [9.17, 15) is 9.90 Å². The fourth-order valence-corrected chi connectivity index (χ4v) is 2.44. The van der Waals surface area contributed by atoms with E-state index in [-0.39, 0.29) is 24.6 Å². The molecule has 0 aliphatic heterocycles. The lowest BCUT2D eigenvalue weighted by atomic mass is 10.1. The number of rotatable bonds is 10. The summed E-state index contributed by atoms with van der Waals surface area (Å²) in [5, 5.41) is 13.1. The van der Waals surface area contributed by atoms with Crippen LogP contribution in [0.5, 0.6) is 5.75 Å². The fourth-order valence-electron chi connectivity index (χ4n) is 2.44. The summed E-state index contributed by atoms with van der Waals surface area (Å²) in [5.41, 5.74) is 0.682. The minimum atomic E-state index is -0.655. The average molecular weight is 352 g/mol. The number of aliphatic hydroxyl groups is 1. The standard InChI is InChI=1S/C19H32N2O4/c1-6-21(12-18(23)20-19(2,3)4)11-16(22)14-25-13-15-9-7-8-10-17(15)24-5/h7-10,16,22H,6,11-14H2,1-5H3,(H,20,23). The smallest absolute Gasteiger partial charge is 0.234 e. The van der Waals surface area contributed by atoms with Crippen molar-refractivity contribution in [2.24, 2.45) is 0 Å². The minimum absolute atomic E-state index is 0.0449. The predicted molar refractivity (Wildman–Crippen MR) is 98.7 cm³/mol. The molecule has 1 amide bonds. The Kier molecular flexibility index (Phi) is 8.89. The molecule has 6 nitrogen and oxygen atoms in total. The second kappa shape index (κ2) is 10.4. The molecule has 1 unspecified atom stereocenters. The van der Waals surface area contributed by atoms with Crippen LogP contribution in [0.15, 0.2) is 24.3 Å². The van der Waals surface area contributed by atoms with Crippen molar-refractivity contribution >= 4 is 5.91 Å². The highest BCUT2D eigenvalue weighted by atomic mass is 16.5. The van der Waals surface area contributed by atoms with Gasteiger partial charge < -0.3 is 19.9 Å². The van der Waals surface area contributed by atoms with Crippen LogP contribution in [0, 0.1) is 0 Å². The number of para-hydroxylation sites is 1. The van der Waals surface area contributed by atoms with Gasteiger partial charge in [-0.05, 0) is 33.4 Å². The number of carbonyl (C=O) groups is 1. The molecule has 1 aromatic rings. The molecule has 0 spiro atoms. The fraction of sp³-hybridized carbons (Fsp3) is 0.632. The quantitative estimate of drug-likeness (QED) is 0.672. The molecule has 1 atom stereocenters. The molecule has 0 aliphatic rings. The number of nitrogens with one attached hydrogen (secondary N) is 1. The molecule has 142 valence electrons. The van der Waals surface area contributed by atoms with E-state index in [2.05, 4.69) is 5.32 Å². The van der Waals surface area contributed by atoms with Gasteiger partial charge >= 0.3 is 0 Å². The normalized spacial score (nSPS) is 12.9. The summed E-state index contributed by atoms with van der Waals surface area (Å²) in [4.78, 5) is 13.9. The third-order valence-corrected chi connectivity index (χ3v) is 3.56. The Labute approximate surface area is 151 Å². The minimum Gasteiger partial charge on any atom is -0.496 e. The Morgan fingerprint density at radius 1 is 1.32 bits per heavy atom. The lowest BCUT2D eigenvalue weighted by Crippen LogP contribution is -2.47. The number of methoxy groups -OCH3 is 1. The Morgan fingerprint density at radius 3 is 2.60 bits per heavy atom. The topological polar surface area (TPSA) is 71.0 Å². The largest absolute Gasteiger partial charge is 0.496 e. The van der Waals surface area contributed by atoms with Gasteiger partial charge in [0, 0.05) is 17.6 Å². The summed E-state index contributed by atoms with van der Waals surface area (Å²) in [6.45, 7) is 9.71. The Balaban J connectivity index is 2.38. The van der Waals surface area contributed by atoms with Gasteiger partial charge in [-0.1, -0.05) is 25.1 Å². The van der Waals surface area contributed by atoms with Gasteiger partial charge in [0.2, 0.25) is 5.91 Å². The van der Waals surface area contributed by atoms with Gasteiger partial charge in [-0.3, -0.25) is 9.69 Å². The van der Waals surface area contributed by atoms with E-state index < -0.39 is 6.10 Å². The van der Waals surface area contributed by atoms with Crippen molar-refractivity contribution in [3.05, 3.63) is 29.8 Å². The summed E-state index contributed by atoms with van der Waals surface area (Å²) in [5.74, 6) is 0.725. The predicted octanol–water partition coefficient (Wildman–Crippen LogP) is 1.81. The number of ether oxygens (including phenoxy) is 2. The van der Waals surface area contributed by atoms with Crippen molar-refractivity contribution in [2.75, 3.05) is 33.4 Å². The van der Waals surface area contributed by atoms with Gasteiger partial charge in [0.25, 0.3) is 0 Å². The highest BCUT2D eigenvalue weighted by Gasteiger charge is 2.18. The van der Waals surface area contributed by atoms with Gasteiger partial charge in [0.15, 0.2) is 0 Å². The van der Waals surface area contributed by atoms with Crippen molar-refractivity contribution in [1.29, 1.82) is 0 Å². The summed E-state index contributed by atoms with van der Waals surface area (Å²) in [7, 11) is 1.62. The molecule has 1 rings (SSSR count). The number of benzene rings is 1. The summed E-state index contributed by atoms with van der Waals surface area (Å²) < 4.78 is 10.9. The SMILES string of the molecule is CCN(CC(=O)NC(C)(C)C)CC(O)COCc1ccccc1OC. The number of carbonyl (C=O) groups excluding carboxylic acids is 1. The molecule has 0 saturated heterocycles. The number of aliphatic hydroxyl groups excluding tert-OH is 1. The van der Waals surface area contributed by atoms with Crippen molar-refractivity contribution in [1.82, 2.24) is 10.2 Å². The number of likely N-dealkylation sites (N-methyl/N-ethyl adjacent to an activating group) is 1. The van der Waals surface area contributed by atoms with E-state index in [1.54, 1.807) is 7.11 Å². The maximum Gasteiger partial charge on any atom is 0.234 e. The molecule has 0 fully saturated rings. The molecule has 0 aliphatic carbocycles. The van der Waals surface area contributed by atoms with E-state index >= 15 is 0 Å². The summed E-state index contributed by atoms with van der Waals surface area (Å²) >= 11 is 0. The summed E-state index contributed by atoms with van der Waals surface area (Å²) in [6, 6.07) is 7.63. The molecular weight excluding hydrogens is 320 g/mol. The van der Waals surface area contributed by atoms with Gasteiger partial charge in [0.05, 0.1) is 33.0 Å². The average Bonchev–Trinajstić information content (AvgIpc) is 2.52. The molecule has 0 saturated carbocycles. The van der Waals surface area contributed by atoms with E-state index in [4.69, 9.17) is 9.47 Å². The molecule has 1 aromatic carbocycles. The van der Waals surface area contributed by atoms with Crippen molar-refractivity contribution in [2.45, 2.75) is 45.9 Å². The second-order valence-corrected chi connectivity index (χ2v) is 7.11. The van der Waals surface area contributed by atoms with Crippen LogP contribution in [-0.4, -0.2) is 60.9 Å². The molecule has 25 heavy (non-hydrogen) atoms. The Hall–Kier alpha value is -1.63. The first-order valence-electron chi connectivity index (χ1n) is 8.66. The van der Waals surface area contributed by atoms with Gasteiger partial charge in [-0.25, -0.2) is 0 Å². The van der Waals surface area contributed by atoms with E-state index in [1.165, 1.54) is 0 Å². The van der Waals surface area contributed by atoms with Crippen LogP contribution in [-0.2, 0) is 16.1 Å². The van der Waals surface area contributed by atoms with Crippen LogP contribution in [0.1, 0.15) is 33.3 Å². The third-order valence-electron chi connectivity index (χ3n) is 3.56. The van der Waals surface area contributed by atoms with E-state index in [0.29, 0.717) is 19.7 Å². The van der Waals surface area contributed by atoms with Crippen LogP contribution in [0.2, 0.25) is 0 Å². The van der Waals surface area contributed by atoms with Crippen molar-refractivity contribution < 1.29 is 19.4 Å². The maximum atomic E-state index is 12.0. The Bertz CT molecular complexity index is 528. The van der Waals surface area contributed by atoms with Crippen LogP contribution in [0.25, 0.3) is 0 Å². The molecule has 0 aromatic heterocycles. The molecular formula is C19H32N2O4. The first kappa shape index (κ1) is 21.4. The van der Waals surface area contributed by atoms with Crippen molar-refractivity contribution in [3.63, 3.8) is 0 Å².